The molecule has 2 amide bonds. The van der Waals surface area contributed by atoms with Crippen LogP contribution in [0.2, 0.25) is 0 Å². The van der Waals surface area contributed by atoms with Gasteiger partial charge in [0.2, 0.25) is 11.8 Å². The van der Waals surface area contributed by atoms with E-state index >= 15 is 0 Å². The summed E-state index contributed by atoms with van der Waals surface area (Å²) < 4.78 is 0. The third-order valence-electron chi connectivity index (χ3n) is 2.99. The fourth-order valence-electron chi connectivity index (χ4n) is 1.97. The molecule has 5 nitrogen and oxygen atoms in total. The minimum Gasteiger partial charge on any atom is -0.355 e. The molecule has 0 saturated carbocycles. The van der Waals surface area contributed by atoms with Crippen LogP contribution < -0.4 is 5.32 Å². The van der Waals surface area contributed by atoms with E-state index in [0.29, 0.717) is 32.4 Å². The van der Waals surface area contributed by atoms with Crippen molar-refractivity contribution in [3.63, 3.8) is 0 Å². The number of rotatable bonds is 4. The summed E-state index contributed by atoms with van der Waals surface area (Å²) in [6.45, 7) is 4.78. The molecule has 1 aliphatic heterocycles. The molecular weight excluding hydrogens is 218 g/mol. The molecule has 17 heavy (non-hydrogen) atoms. The van der Waals surface area contributed by atoms with Gasteiger partial charge in [0.15, 0.2) is 0 Å². The second-order valence-corrected chi connectivity index (χ2v) is 4.57. The standard InChI is InChI=1S/C12H19N3O2/c1-9(2)15(7-3-6-13)12(17)10-4-5-11(16)14-8-10/h9-10H,3-5,7-8H2,1-2H3,(H,14,16). The Hall–Kier alpha value is -1.57. The molecule has 5 heteroatoms. The van der Waals surface area contributed by atoms with Gasteiger partial charge in [0.1, 0.15) is 0 Å². The van der Waals surface area contributed by atoms with Crippen LogP contribution in [0.1, 0.15) is 33.1 Å². The van der Waals surface area contributed by atoms with Crippen molar-refractivity contribution in [2.45, 2.75) is 39.2 Å². The fourth-order valence-corrected chi connectivity index (χ4v) is 1.97. The topological polar surface area (TPSA) is 73.2 Å². The van der Waals surface area contributed by atoms with Gasteiger partial charge in [-0.1, -0.05) is 0 Å². The molecule has 0 spiro atoms. The van der Waals surface area contributed by atoms with Crippen LogP contribution in [0.4, 0.5) is 0 Å². The number of carbonyl (C=O) groups is 2. The van der Waals surface area contributed by atoms with Crippen molar-refractivity contribution in [3.05, 3.63) is 0 Å². The average molecular weight is 237 g/mol. The molecule has 0 aliphatic carbocycles. The smallest absolute Gasteiger partial charge is 0.227 e. The number of hydrogen-bond donors (Lipinski definition) is 1. The van der Waals surface area contributed by atoms with Gasteiger partial charge >= 0.3 is 0 Å². The van der Waals surface area contributed by atoms with Gasteiger partial charge in [0.25, 0.3) is 0 Å². The fraction of sp³-hybridized carbons (Fsp3) is 0.750. The maximum atomic E-state index is 12.2. The molecule has 1 unspecified atom stereocenters. The molecular formula is C12H19N3O2. The van der Waals surface area contributed by atoms with Gasteiger partial charge in [-0.25, -0.2) is 0 Å². The predicted molar refractivity (Wildman–Crippen MR) is 62.8 cm³/mol. The first-order chi connectivity index (χ1) is 8.06. The van der Waals surface area contributed by atoms with E-state index < -0.39 is 0 Å². The summed E-state index contributed by atoms with van der Waals surface area (Å²) in [4.78, 5) is 25.0. The Morgan fingerprint density at radius 1 is 1.65 bits per heavy atom. The Balaban J connectivity index is 2.58. The van der Waals surface area contributed by atoms with Crippen LogP contribution in [0.3, 0.4) is 0 Å². The number of carbonyl (C=O) groups excluding carboxylic acids is 2. The zero-order valence-electron chi connectivity index (χ0n) is 10.4. The van der Waals surface area contributed by atoms with E-state index in [2.05, 4.69) is 11.4 Å². The molecule has 1 fully saturated rings. The first kappa shape index (κ1) is 13.5. The van der Waals surface area contributed by atoms with E-state index in [-0.39, 0.29) is 23.8 Å². The third-order valence-corrected chi connectivity index (χ3v) is 2.99. The van der Waals surface area contributed by atoms with E-state index in [0.717, 1.165) is 0 Å². The first-order valence-corrected chi connectivity index (χ1v) is 6.00. The lowest BCUT2D eigenvalue weighted by molar-refractivity contribution is -0.139. The average Bonchev–Trinajstić information content (AvgIpc) is 2.29. The number of nitriles is 1. The van der Waals surface area contributed by atoms with Gasteiger partial charge in [0, 0.05) is 25.6 Å². The highest BCUT2D eigenvalue weighted by atomic mass is 16.2. The number of amides is 2. The van der Waals surface area contributed by atoms with Crippen molar-refractivity contribution in [1.29, 1.82) is 5.26 Å². The zero-order chi connectivity index (χ0) is 12.8. The van der Waals surface area contributed by atoms with Crippen molar-refractivity contribution >= 4 is 11.8 Å². The molecule has 94 valence electrons. The third kappa shape index (κ3) is 3.74. The summed E-state index contributed by atoms with van der Waals surface area (Å²) >= 11 is 0. The summed E-state index contributed by atoms with van der Waals surface area (Å²) in [7, 11) is 0. The van der Waals surface area contributed by atoms with Crippen molar-refractivity contribution < 1.29 is 9.59 Å². The lowest BCUT2D eigenvalue weighted by Gasteiger charge is -2.31. The number of hydrogen-bond acceptors (Lipinski definition) is 3. The SMILES string of the molecule is CC(C)N(CCC#N)C(=O)C1CCC(=O)NC1. The zero-order valence-corrected chi connectivity index (χ0v) is 10.4. The molecule has 0 radical (unpaired) electrons. The van der Waals surface area contributed by atoms with Gasteiger partial charge in [0.05, 0.1) is 18.4 Å². The predicted octanol–water partition coefficient (Wildman–Crippen LogP) is 0.663. The highest BCUT2D eigenvalue weighted by molar-refractivity contribution is 5.83. The second kappa shape index (κ2) is 6.24. The lowest BCUT2D eigenvalue weighted by Crippen LogP contribution is -2.47. The van der Waals surface area contributed by atoms with Crippen LogP contribution in [-0.4, -0.2) is 35.8 Å². The van der Waals surface area contributed by atoms with E-state index in [4.69, 9.17) is 5.26 Å². The lowest BCUT2D eigenvalue weighted by atomic mass is 9.97. The Morgan fingerprint density at radius 3 is 2.82 bits per heavy atom. The van der Waals surface area contributed by atoms with E-state index in [1.54, 1.807) is 4.90 Å². The summed E-state index contributed by atoms with van der Waals surface area (Å²) in [5.74, 6) is -0.0637. The number of piperidine rings is 1. The highest BCUT2D eigenvalue weighted by Gasteiger charge is 2.29. The van der Waals surface area contributed by atoms with Crippen molar-refractivity contribution in [2.75, 3.05) is 13.1 Å². The molecule has 1 aliphatic rings. The minimum absolute atomic E-state index is 0.0159. The normalized spacial score (nSPS) is 19.6. The Bertz CT molecular complexity index is 323. The van der Waals surface area contributed by atoms with E-state index in [1.165, 1.54) is 0 Å². The van der Waals surface area contributed by atoms with E-state index in [1.807, 2.05) is 13.8 Å². The van der Waals surface area contributed by atoms with Crippen molar-refractivity contribution in [2.24, 2.45) is 5.92 Å². The van der Waals surface area contributed by atoms with Crippen LogP contribution in [-0.2, 0) is 9.59 Å². The molecule has 0 aromatic rings. The first-order valence-electron chi connectivity index (χ1n) is 6.00. The highest BCUT2D eigenvalue weighted by Crippen LogP contribution is 2.16. The van der Waals surface area contributed by atoms with Gasteiger partial charge < -0.3 is 10.2 Å². The van der Waals surface area contributed by atoms with Crippen LogP contribution >= 0.6 is 0 Å². The molecule has 0 bridgehead atoms. The monoisotopic (exact) mass is 237 g/mol. The van der Waals surface area contributed by atoms with Gasteiger partial charge in [-0.15, -0.1) is 0 Å². The Labute approximate surface area is 102 Å². The number of nitrogens with zero attached hydrogens (tertiary/aromatic N) is 2. The summed E-state index contributed by atoms with van der Waals surface area (Å²) in [6.07, 6.45) is 1.38. The van der Waals surface area contributed by atoms with Crippen LogP contribution in [0.5, 0.6) is 0 Å². The van der Waals surface area contributed by atoms with Crippen LogP contribution in [0, 0.1) is 17.2 Å². The quantitative estimate of drug-likeness (QED) is 0.780. The van der Waals surface area contributed by atoms with Crippen LogP contribution in [0.25, 0.3) is 0 Å². The maximum Gasteiger partial charge on any atom is 0.227 e. The summed E-state index contributed by atoms with van der Waals surface area (Å²) in [5.41, 5.74) is 0. The summed E-state index contributed by atoms with van der Waals surface area (Å²) in [5, 5.41) is 11.3. The van der Waals surface area contributed by atoms with E-state index in [9.17, 15) is 9.59 Å². The second-order valence-electron chi connectivity index (χ2n) is 4.57. The maximum absolute atomic E-state index is 12.2. The van der Waals surface area contributed by atoms with Crippen molar-refractivity contribution in [1.82, 2.24) is 10.2 Å². The largest absolute Gasteiger partial charge is 0.355 e. The van der Waals surface area contributed by atoms with Crippen molar-refractivity contribution in [3.8, 4) is 6.07 Å². The molecule has 1 atom stereocenters. The molecule has 1 saturated heterocycles. The Kier molecular flexibility index (Phi) is 4.95. The minimum atomic E-state index is -0.131. The molecule has 0 aromatic heterocycles. The molecule has 0 aromatic carbocycles. The van der Waals surface area contributed by atoms with Gasteiger partial charge in [-0.05, 0) is 20.3 Å². The number of nitrogens with one attached hydrogen (secondary N) is 1. The molecule has 1 rings (SSSR count). The molecule has 1 N–H and O–H groups in total. The summed E-state index contributed by atoms with van der Waals surface area (Å²) in [6, 6.07) is 2.15. The van der Waals surface area contributed by atoms with Gasteiger partial charge in [-0.2, -0.15) is 5.26 Å². The van der Waals surface area contributed by atoms with Gasteiger partial charge in [-0.3, -0.25) is 9.59 Å². The Morgan fingerprint density at radius 2 is 2.35 bits per heavy atom. The van der Waals surface area contributed by atoms with Crippen LogP contribution in [0.15, 0.2) is 0 Å². The molecule has 1 heterocycles.